The highest BCUT2D eigenvalue weighted by molar-refractivity contribution is 5.93. The van der Waals surface area contributed by atoms with Crippen LogP contribution in [0.1, 0.15) is 6.42 Å². The Labute approximate surface area is 90.1 Å². The van der Waals surface area contributed by atoms with Gasteiger partial charge in [-0.15, -0.1) is 0 Å². The van der Waals surface area contributed by atoms with E-state index in [1.54, 1.807) is 0 Å². The Hall–Kier alpha value is -1.72. The summed E-state index contributed by atoms with van der Waals surface area (Å²) in [5.41, 5.74) is 4.25. The fourth-order valence-corrected chi connectivity index (χ4v) is 1.23. The van der Waals surface area contributed by atoms with Crippen molar-refractivity contribution < 1.29 is 22.7 Å². The molecule has 0 radical (unpaired) electrons. The highest BCUT2D eigenvalue weighted by Crippen LogP contribution is 2.30. The lowest BCUT2D eigenvalue weighted by atomic mass is 10.1. The van der Waals surface area contributed by atoms with Gasteiger partial charge in [0.05, 0.1) is 18.3 Å². The third-order valence-corrected chi connectivity index (χ3v) is 2.01. The van der Waals surface area contributed by atoms with Gasteiger partial charge in [0.25, 0.3) is 0 Å². The molecule has 0 spiro atoms. The molecule has 88 valence electrons. The third-order valence-electron chi connectivity index (χ3n) is 2.01. The topological polar surface area (TPSA) is 52.3 Å². The van der Waals surface area contributed by atoms with Crippen LogP contribution in [-0.2, 0) is 9.53 Å². The number of methoxy groups -OCH3 is 1. The minimum atomic E-state index is -4.47. The molecule has 0 unspecified atom stereocenters. The van der Waals surface area contributed by atoms with E-state index >= 15 is 0 Å². The second-order valence-corrected chi connectivity index (χ2v) is 3.10. The van der Waals surface area contributed by atoms with Gasteiger partial charge in [-0.3, -0.25) is 0 Å². The van der Waals surface area contributed by atoms with Crippen molar-refractivity contribution in [2.24, 2.45) is 5.73 Å². The Morgan fingerprint density at radius 1 is 1.44 bits per heavy atom. The summed E-state index contributed by atoms with van der Waals surface area (Å²) in [6.45, 7) is 0. The van der Waals surface area contributed by atoms with E-state index in [1.807, 2.05) is 0 Å². The predicted molar refractivity (Wildman–Crippen MR) is 51.1 cm³/mol. The molecule has 6 heteroatoms. The first kappa shape index (κ1) is 12.4. The Bertz CT molecular complexity index is 391. The standard InChI is InChI=1S/C10H10F3NO2/c1-16-9(15)7-4-2-3-6(5-8(7)14)10(11,12)13/h3-5H,2,14H2,1H3. The molecular weight excluding hydrogens is 223 g/mol. The Balaban J connectivity index is 3.04. The zero-order valence-electron chi connectivity index (χ0n) is 8.47. The van der Waals surface area contributed by atoms with Gasteiger partial charge in [0, 0.05) is 5.70 Å². The second-order valence-electron chi connectivity index (χ2n) is 3.10. The summed E-state index contributed by atoms with van der Waals surface area (Å²) >= 11 is 0. The average Bonchev–Trinajstić information content (AvgIpc) is 2.38. The van der Waals surface area contributed by atoms with Gasteiger partial charge in [0.2, 0.25) is 0 Å². The number of nitrogens with two attached hydrogens (primary N) is 1. The maximum atomic E-state index is 12.4. The lowest BCUT2D eigenvalue weighted by Gasteiger charge is -2.08. The fraction of sp³-hybridized carbons (Fsp3) is 0.300. The van der Waals surface area contributed by atoms with Gasteiger partial charge in [-0.1, -0.05) is 12.2 Å². The summed E-state index contributed by atoms with van der Waals surface area (Å²) in [4.78, 5) is 11.2. The molecule has 3 nitrogen and oxygen atoms in total. The zero-order chi connectivity index (χ0) is 12.3. The molecule has 0 heterocycles. The summed E-state index contributed by atoms with van der Waals surface area (Å²) in [7, 11) is 1.14. The summed E-state index contributed by atoms with van der Waals surface area (Å²) in [6, 6.07) is 0. The smallest absolute Gasteiger partial charge is 0.416 e. The van der Waals surface area contributed by atoms with Gasteiger partial charge >= 0.3 is 12.1 Å². The summed E-state index contributed by atoms with van der Waals surface area (Å²) in [6.07, 6.45) is -1.49. The van der Waals surface area contributed by atoms with Crippen molar-refractivity contribution in [3.05, 3.63) is 35.1 Å². The zero-order valence-corrected chi connectivity index (χ0v) is 8.47. The van der Waals surface area contributed by atoms with Crippen molar-refractivity contribution in [2.75, 3.05) is 7.11 Å². The number of hydrogen-bond acceptors (Lipinski definition) is 3. The van der Waals surface area contributed by atoms with Gasteiger partial charge in [0.15, 0.2) is 0 Å². The van der Waals surface area contributed by atoms with E-state index in [1.165, 1.54) is 6.08 Å². The van der Waals surface area contributed by atoms with Crippen molar-refractivity contribution in [1.29, 1.82) is 0 Å². The molecule has 0 atom stereocenters. The van der Waals surface area contributed by atoms with E-state index in [0.29, 0.717) is 0 Å². The fourth-order valence-electron chi connectivity index (χ4n) is 1.23. The molecule has 0 aromatic rings. The maximum Gasteiger partial charge on any atom is 0.416 e. The number of esters is 1. The molecule has 1 aliphatic carbocycles. The Morgan fingerprint density at radius 3 is 2.56 bits per heavy atom. The molecule has 1 aliphatic rings. The van der Waals surface area contributed by atoms with Gasteiger partial charge in [-0.05, 0) is 12.5 Å². The number of carbonyl (C=O) groups excluding carboxylic acids is 1. The highest BCUT2D eigenvalue weighted by Gasteiger charge is 2.33. The van der Waals surface area contributed by atoms with Crippen LogP contribution in [-0.4, -0.2) is 19.3 Å². The van der Waals surface area contributed by atoms with Crippen LogP contribution in [0.15, 0.2) is 35.1 Å². The number of hydrogen-bond donors (Lipinski definition) is 1. The van der Waals surface area contributed by atoms with Gasteiger partial charge in [-0.25, -0.2) is 4.79 Å². The van der Waals surface area contributed by atoms with Gasteiger partial charge < -0.3 is 10.5 Å². The molecule has 1 rings (SSSR count). The van der Waals surface area contributed by atoms with Gasteiger partial charge in [-0.2, -0.15) is 13.2 Å². The van der Waals surface area contributed by atoms with Gasteiger partial charge in [0.1, 0.15) is 0 Å². The maximum absolute atomic E-state index is 12.4. The molecule has 0 saturated carbocycles. The number of allylic oxidation sites excluding steroid dienone is 4. The molecule has 0 fully saturated rings. The van der Waals surface area contributed by atoms with E-state index < -0.39 is 17.7 Å². The average molecular weight is 233 g/mol. The number of rotatable bonds is 1. The van der Waals surface area contributed by atoms with Crippen LogP contribution < -0.4 is 5.73 Å². The molecule has 0 bridgehead atoms. The molecule has 2 N–H and O–H groups in total. The molecule has 0 aliphatic heterocycles. The van der Waals surface area contributed by atoms with Crippen LogP contribution in [0.5, 0.6) is 0 Å². The summed E-state index contributed by atoms with van der Waals surface area (Å²) in [5.74, 6) is -0.745. The monoisotopic (exact) mass is 233 g/mol. The van der Waals surface area contributed by atoms with E-state index in [0.717, 1.165) is 19.3 Å². The molecule has 16 heavy (non-hydrogen) atoms. The number of alkyl halides is 3. The van der Waals surface area contributed by atoms with Crippen LogP contribution in [0.2, 0.25) is 0 Å². The van der Waals surface area contributed by atoms with Crippen molar-refractivity contribution in [2.45, 2.75) is 12.6 Å². The summed E-state index contributed by atoms with van der Waals surface area (Å²) in [5, 5.41) is 0. The van der Waals surface area contributed by atoms with Crippen LogP contribution in [0, 0.1) is 0 Å². The number of halogens is 3. The van der Waals surface area contributed by atoms with E-state index in [4.69, 9.17) is 5.73 Å². The third kappa shape index (κ3) is 2.65. The second kappa shape index (κ2) is 4.42. The van der Waals surface area contributed by atoms with Crippen molar-refractivity contribution in [3.63, 3.8) is 0 Å². The lowest BCUT2D eigenvalue weighted by Crippen LogP contribution is -2.15. The first-order valence-electron chi connectivity index (χ1n) is 4.39. The van der Waals surface area contributed by atoms with Crippen molar-refractivity contribution >= 4 is 5.97 Å². The minimum Gasteiger partial charge on any atom is -0.465 e. The molecular formula is C10H10F3NO2. The van der Waals surface area contributed by atoms with Crippen molar-refractivity contribution in [3.8, 4) is 0 Å². The number of carbonyl (C=O) groups is 1. The van der Waals surface area contributed by atoms with E-state index in [2.05, 4.69) is 4.74 Å². The highest BCUT2D eigenvalue weighted by atomic mass is 19.4. The largest absolute Gasteiger partial charge is 0.465 e. The summed E-state index contributed by atoms with van der Waals surface area (Å²) < 4.78 is 41.6. The predicted octanol–water partition coefficient (Wildman–Crippen LogP) is 1.82. The van der Waals surface area contributed by atoms with Crippen molar-refractivity contribution in [1.82, 2.24) is 0 Å². The molecule has 0 saturated heterocycles. The van der Waals surface area contributed by atoms with E-state index in [9.17, 15) is 18.0 Å². The first-order valence-corrected chi connectivity index (χ1v) is 4.39. The van der Waals surface area contributed by atoms with Crippen LogP contribution in [0.3, 0.4) is 0 Å². The van der Waals surface area contributed by atoms with E-state index in [-0.39, 0.29) is 17.7 Å². The SMILES string of the molecule is COC(=O)C1=CCC=C(C(F)(F)F)C=C1N. The Morgan fingerprint density at radius 2 is 2.06 bits per heavy atom. The number of ether oxygens (including phenoxy) is 1. The molecule has 0 aromatic carbocycles. The van der Waals surface area contributed by atoms with Crippen LogP contribution in [0.25, 0.3) is 0 Å². The molecule has 0 amide bonds. The minimum absolute atomic E-state index is 0.0174. The van der Waals surface area contributed by atoms with Crippen LogP contribution in [0.4, 0.5) is 13.2 Å². The Kier molecular flexibility index (Phi) is 3.41. The quantitative estimate of drug-likeness (QED) is 0.703. The first-order chi connectivity index (χ1) is 7.36. The normalized spacial score (nSPS) is 16.9. The van der Waals surface area contributed by atoms with Crippen LogP contribution >= 0.6 is 0 Å². The molecule has 0 aromatic heterocycles. The lowest BCUT2D eigenvalue weighted by molar-refractivity contribution is -0.135.